The summed E-state index contributed by atoms with van der Waals surface area (Å²) in [5, 5.41) is 12.7. The Morgan fingerprint density at radius 2 is 2.00 bits per heavy atom. The van der Waals surface area contributed by atoms with Crippen molar-refractivity contribution in [1.29, 1.82) is 0 Å². The molecule has 0 aliphatic heterocycles. The van der Waals surface area contributed by atoms with E-state index >= 15 is 0 Å². The molecule has 0 radical (unpaired) electrons. The normalized spacial score (nSPS) is 15.8. The first-order valence-corrected chi connectivity index (χ1v) is 9.53. The van der Waals surface area contributed by atoms with Crippen LogP contribution in [0.2, 0.25) is 0 Å². The highest BCUT2D eigenvalue weighted by Gasteiger charge is 2.23. The number of carbonyl (C=O) groups excluding carboxylic acids is 1. The van der Waals surface area contributed by atoms with Crippen molar-refractivity contribution in [3.8, 4) is 5.75 Å². The number of phenolic OH excluding ortho intramolecular Hbond substituents is 1. The summed E-state index contributed by atoms with van der Waals surface area (Å²) >= 11 is 1.47. The van der Waals surface area contributed by atoms with Gasteiger partial charge < -0.3 is 10.0 Å². The van der Waals surface area contributed by atoms with Gasteiger partial charge in [-0.1, -0.05) is 25.3 Å². The lowest BCUT2D eigenvalue weighted by Gasteiger charge is -2.25. The Hall–Kier alpha value is -1.65. The Bertz CT molecular complexity index is 701. The van der Waals surface area contributed by atoms with Crippen LogP contribution >= 0.6 is 11.3 Å². The summed E-state index contributed by atoms with van der Waals surface area (Å²) in [6.45, 7) is 0.636. The minimum Gasteiger partial charge on any atom is -0.507 e. The van der Waals surface area contributed by atoms with E-state index < -0.39 is 0 Å². The summed E-state index contributed by atoms with van der Waals surface area (Å²) in [6.07, 6.45) is 5.89. The smallest absolute Gasteiger partial charge is 0.202 e. The number of hydrogen-bond donors (Lipinski definition) is 1. The van der Waals surface area contributed by atoms with Gasteiger partial charge in [-0.05, 0) is 62.0 Å². The Kier molecular flexibility index (Phi) is 5.36. The first kappa shape index (κ1) is 17.2. The van der Waals surface area contributed by atoms with E-state index in [1.165, 1.54) is 30.6 Å². The molecule has 1 aliphatic rings. The molecule has 1 N–H and O–H groups in total. The molecule has 1 aromatic heterocycles. The number of nitrogens with zero attached hydrogens (tertiary/aromatic N) is 1. The molecule has 4 heteroatoms. The van der Waals surface area contributed by atoms with Gasteiger partial charge in [0, 0.05) is 17.7 Å². The Balaban J connectivity index is 2.03. The third-order valence-corrected chi connectivity index (χ3v) is 5.63. The molecule has 1 fully saturated rings. The fourth-order valence-corrected chi connectivity index (χ4v) is 4.27. The number of phenols is 1. The molecule has 3 nitrogen and oxygen atoms in total. The van der Waals surface area contributed by atoms with E-state index in [2.05, 4.69) is 0 Å². The third kappa shape index (κ3) is 3.70. The summed E-state index contributed by atoms with van der Waals surface area (Å²) in [5.41, 5.74) is 2.52. The highest BCUT2D eigenvalue weighted by atomic mass is 32.1. The summed E-state index contributed by atoms with van der Waals surface area (Å²) in [7, 11) is 3.96. The van der Waals surface area contributed by atoms with Gasteiger partial charge in [0.1, 0.15) is 5.75 Å². The molecule has 1 heterocycles. The maximum Gasteiger partial charge on any atom is 0.202 e. The number of benzene rings is 1. The summed E-state index contributed by atoms with van der Waals surface area (Å²) in [4.78, 5) is 15.6. The second-order valence-corrected chi connectivity index (χ2v) is 7.90. The van der Waals surface area contributed by atoms with Gasteiger partial charge in [0.2, 0.25) is 5.78 Å². The van der Waals surface area contributed by atoms with Gasteiger partial charge >= 0.3 is 0 Å². The maximum atomic E-state index is 12.8. The second-order valence-electron chi connectivity index (χ2n) is 6.95. The average molecular weight is 343 g/mol. The fraction of sp³-hybridized carbons (Fsp3) is 0.450. The largest absolute Gasteiger partial charge is 0.507 e. The van der Waals surface area contributed by atoms with Crippen LogP contribution in [0.15, 0.2) is 29.6 Å². The zero-order chi connectivity index (χ0) is 17.1. The van der Waals surface area contributed by atoms with E-state index in [1.54, 1.807) is 0 Å². The molecular weight excluding hydrogens is 318 g/mol. The molecule has 2 aromatic rings. The lowest BCUT2D eigenvalue weighted by Crippen LogP contribution is -2.14. The summed E-state index contributed by atoms with van der Waals surface area (Å²) in [5.74, 6) is 0.816. The highest BCUT2D eigenvalue weighted by Crippen LogP contribution is 2.40. The maximum absolute atomic E-state index is 12.8. The SMILES string of the molecule is CN(C)Cc1cc(C(=O)c2cccs2)cc(C2CCCCC2)c1O. The summed E-state index contributed by atoms with van der Waals surface area (Å²) < 4.78 is 0. The highest BCUT2D eigenvalue weighted by molar-refractivity contribution is 7.12. The van der Waals surface area contributed by atoms with E-state index in [4.69, 9.17) is 0 Å². The molecular formula is C20H25NO2S. The van der Waals surface area contributed by atoms with Gasteiger partial charge in [-0.2, -0.15) is 0 Å². The molecule has 1 saturated carbocycles. The molecule has 0 spiro atoms. The number of rotatable bonds is 5. The molecule has 128 valence electrons. The Morgan fingerprint density at radius 1 is 1.25 bits per heavy atom. The predicted octanol–water partition coefficient (Wildman–Crippen LogP) is 4.79. The molecule has 0 bridgehead atoms. The monoisotopic (exact) mass is 343 g/mol. The van der Waals surface area contributed by atoms with Gasteiger partial charge in [-0.3, -0.25) is 4.79 Å². The summed E-state index contributed by atoms with van der Waals surface area (Å²) in [6, 6.07) is 7.57. The number of thiophene rings is 1. The Labute approximate surface area is 147 Å². The van der Waals surface area contributed by atoms with Gasteiger partial charge in [0.05, 0.1) is 4.88 Å². The Morgan fingerprint density at radius 3 is 2.62 bits per heavy atom. The topological polar surface area (TPSA) is 40.5 Å². The van der Waals surface area contributed by atoms with Crippen LogP contribution in [0, 0.1) is 0 Å². The first-order valence-electron chi connectivity index (χ1n) is 8.65. The van der Waals surface area contributed by atoms with Crippen molar-refractivity contribution in [2.75, 3.05) is 14.1 Å². The van der Waals surface area contributed by atoms with E-state index in [0.29, 0.717) is 23.8 Å². The van der Waals surface area contributed by atoms with Crippen molar-refractivity contribution in [1.82, 2.24) is 4.90 Å². The van der Waals surface area contributed by atoms with Crippen LogP contribution in [0.4, 0.5) is 0 Å². The second kappa shape index (κ2) is 7.49. The zero-order valence-corrected chi connectivity index (χ0v) is 15.2. The van der Waals surface area contributed by atoms with E-state index in [1.807, 2.05) is 48.6 Å². The first-order chi connectivity index (χ1) is 11.6. The van der Waals surface area contributed by atoms with Crippen LogP contribution in [-0.2, 0) is 6.54 Å². The van der Waals surface area contributed by atoms with Crippen LogP contribution in [0.25, 0.3) is 0 Å². The van der Waals surface area contributed by atoms with Crippen LogP contribution in [0.1, 0.15) is 64.4 Å². The van der Waals surface area contributed by atoms with Gasteiger partial charge in [0.15, 0.2) is 0 Å². The van der Waals surface area contributed by atoms with Crippen molar-refractivity contribution in [2.24, 2.45) is 0 Å². The van der Waals surface area contributed by atoms with Crippen LogP contribution in [0.3, 0.4) is 0 Å². The lowest BCUT2D eigenvalue weighted by molar-refractivity contribution is 0.104. The number of ketones is 1. The molecule has 0 saturated heterocycles. The van der Waals surface area contributed by atoms with Crippen LogP contribution < -0.4 is 0 Å². The molecule has 0 amide bonds. The van der Waals surface area contributed by atoms with Crippen molar-refractivity contribution < 1.29 is 9.90 Å². The standard InChI is InChI=1S/C20H25NO2S/c1-21(2)13-16-11-15(20(23)18-9-6-10-24-18)12-17(19(16)22)14-7-4-3-5-8-14/h6,9-12,14,22H,3-5,7-8,13H2,1-2H3. The quantitative estimate of drug-likeness (QED) is 0.793. The number of hydrogen-bond acceptors (Lipinski definition) is 4. The number of aromatic hydroxyl groups is 1. The van der Waals surface area contributed by atoms with E-state index in [-0.39, 0.29) is 5.78 Å². The van der Waals surface area contributed by atoms with Gasteiger partial charge in [0.25, 0.3) is 0 Å². The van der Waals surface area contributed by atoms with E-state index in [0.717, 1.165) is 28.8 Å². The zero-order valence-electron chi connectivity index (χ0n) is 14.4. The van der Waals surface area contributed by atoms with Crippen molar-refractivity contribution in [2.45, 2.75) is 44.6 Å². The third-order valence-electron chi connectivity index (χ3n) is 4.76. The minimum absolute atomic E-state index is 0.0575. The van der Waals surface area contributed by atoms with E-state index in [9.17, 15) is 9.90 Å². The van der Waals surface area contributed by atoms with Crippen LogP contribution in [-0.4, -0.2) is 29.9 Å². The molecule has 0 atom stereocenters. The van der Waals surface area contributed by atoms with Crippen molar-refractivity contribution >= 4 is 17.1 Å². The predicted molar refractivity (Wildman–Crippen MR) is 99.1 cm³/mol. The molecule has 24 heavy (non-hydrogen) atoms. The number of carbonyl (C=O) groups is 1. The van der Waals surface area contributed by atoms with Crippen molar-refractivity contribution in [3.63, 3.8) is 0 Å². The molecule has 0 unspecified atom stereocenters. The average Bonchev–Trinajstić information content (AvgIpc) is 3.11. The minimum atomic E-state index is 0.0575. The van der Waals surface area contributed by atoms with Crippen molar-refractivity contribution in [3.05, 3.63) is 51.2 Å². The molecule has 1 aromatic carbocycles. The molecule has 3 rings (SSSR count). The van der Waals surface area contributed by atoms with Gasteiger partial charge in [-0.25, -0.2) is 0 Å². The fourth-order valence-electron chi connectivity index (χ4n) is 3.59. The lowest BCUT2D eigenvalue weighted by atomic mass is 9.82. The van der Waals surface area contributed by atoms with Gasteiger partial charge in [-0.15, -0.1) is 11.3 Å². The van der Waals surface area contributed by atoms with Crippen LogP contribution in [0.5, 0.6) is 5.75 Å². The molecule has 1 aliphatic carbocycles.